The normalized spacial score (nSPS) is 14.6. The Morgan fingerprint density at radius 2 is 1.84 bits per heavy atom. The van der Waals surface area contributed by atoms with Gasteiger partial charge in [0.05, 0.1) is 18.8 Å². The van der Waals surface area contributed by atoms with Gasteiger partial charge in [0.1, 0.15) is 24.7 Å². The molecule has 0 spiro atoms. The zero-order valence-electron chi connectivity index (χ0n) is 20.4. The van der Waals surface area contributed by atoms with Crippen molar-refractivity contribution >= 4 is 23.7 Å². The van der Waals surface area contributed by atoms with Gasteiger partial charge in [-0.05, 0) is 53.1 Å². The summed E-state index contributed by atoms with van der Waals surface area (Å²) >= 11 is 5.90. The Kier molecular flexibility index (Phi) is 7.60. The number of ether oxygens (including phenoxy) is 2. The standard InChI is InChI=1S/C29H25ClN2O6/c30-23-9-6-19(7-10-23)17-38-29(35)32-16-22-14-25(11-8-21(22)15-26(32)28(33)34)36-13-12-24-18-37-27(31-24)20-4-2-1-3-5-20/h1-11,14,18,26H,12-13,15-17H2,(H,33,34). The maximum atomic E-state index is 12.8. The average Bonchev–Trinajstić information content (AvgIpc) is 3.41. The Balaban J connectivity index is 1.21. The zero-order valence-corrected chi connectivity index (χ0v) is 21.1. The molecule has 4 aromatic rings. The molecule has 0 aliphatic carbocycles. The number of benzene rings is 3. The Bertz CT molecular complexity index is 1420. The lowest BCUT2D eigenvalue weighted by Crippen LogP contribution is -2.48. The number of carboxylic acid groups (broad SMARTS) is 1. The van der Waals surface area contributed by atoms with Crippen molar-refractivity contribution in [2.24, 2.45) is 0 Å². The van der Waals surface area contributed by atoms with Crippen LogP contribution < -0.4 is 4.74 Å². The van der Waals surface area contributed by atoms with Crippen LogP contribution >= 0.6 is 11.6 Å². The molecule has 0 saturated carbocycles. The first-order chi connectivity index (χ1) is 18.5. The highest BCUT2D eigenvalue weighted by molar-refractivity contribution is 6.30. The number of nitrogens with zero attached hydrogens (tertiary/aromatic N) is 2. The largest absolute Gasteiger partial charge is 0.493 e. The van der Waals surface area contributed by atoms with Crippen molar-refractivity contribution in [3.05, 3.63) is 106 Å². The Morgan fingerprint density at radius 3 is 2.61 bits per heavy atom. The van der Waals surface area contributed by atoms with E-state index in [0.29, 0.717) is 29.7 Å². The van der Waals surface area contributed by atoms with Crippen LogP contribution in [0.3, 0.4) is 0 Å². The van der Waals surface area contributed by atoms with Crippen LogP contribution in [0, 0.1) is 0 Å². The molecule has 2 heterocycles. The second-order valence-corrected chi connectivity index (χ2v) is 9.34. The topological polar surface area (TPSA) is 102 Å². The minimum absolute atomic E-state index is 0.0167. The molecule has 5 rings (SSSR count). The first-order valence-electron chi connectivity index (χ1n) is 12.1. The summed E-state index contributed by atoms with van der Waals surface area (Å²) in [4.78, 5) is 30.5. The van der Waals surface area contributed by atoms with E-state index < -0.39 is 18.1 Å². The number of hydrogen-bond acceptors (Lipinski definition) is 6. The van der Waals surface area contributed by atoms with E-state index in [2.05, 4.69) is 4.98 Å². The smallest absolute Gasteiger partial charge is 0.411 e. The number of rotatable bonds is 8. The number of fused-ring (bicyclic) bond motifs is 1. The first kappa shape index (κ1) is 25.4. The van der Waals surface area contributed by atoms with Crippen molar-refractivity contribution in [1.29, 1.82) is 0 Å². The van der Waals surface area contributed by atoms with Gasteiger partial charge in [-0.1, -0.05) is 48.0 Å². The molecule has 0 fully saturated rings. The van der Waals surface area contributed by atoms with Gasteiger partial charge in [0.15, 0.2) is 0 Å². The van der Waals surface area contributed by atoms with Gasteiger partial charge in [-0.2, -0.15) is 0 Å². The summed E-state index contributed by atoms with van der Waals surface area (Å²) in [6.07, 6.45) is 1.67. The van der Waals surface area contributed by atoms with E-state index in [1.807, 2.05) is 48.5 Å². The summed E-state index contributed by atoms with van der Waals surface area (Å²) in [5.74, 6) is 0.103. The Labute approximate surface area is 224 Å². The van der Waals surface area contributed by atoms with Crippen LogP contribution in [-0.4, -0.2) is 39.7 Å². The predicted octanol–water partition coefficient (Wildman–Crippen LogP) is 5.76. The average molecular weight is 533 g/mol. The van der Waals surface area contributed by atoms with Gasteiger partial charge < -0.3 is 19.0 Å². The van der Waals surface area contributed by atoms with Crippen LogP contribution in [0.15, 0.2) is 83.5 Å². The number of aliphatic carboxylic acids is 1. The Hall–Kier alpha value is -4.30. The molecule has 0 radical (unpaired) electrons. The van der Waals surface area contributed by atoms with Crippen molar-refractivity contribution in [2.75, 3.05) is 6.61 Å². The van der Waals surface area contributed by atoms with E-state index >= 15 is 0 Å². The summed E-state index contributed by atoms with van der Waals surface area (Å²) < 4.78 is 16.9. The summed E-state index contributed by atoms with van der Waals surface area (Å²) in [6.45, 7) is 0.500. The number of amides is 1. The quantitative estimate of drug-likeness (QED) is 0.307. The second kappa shape index (κ2) is 11.4. The van der Waals surface area contributed by atoms with Gasteiger partial charge in [-0.3, -0.25) is 4.90 Å². The molecule has 0 bridgehead atoms. The van der Waals surface area contributed by atoms with Crippen molar-refractivity contribution in [2.45, 2.75) is 32.0 Å². The first-order valence-corrected chi connectivity index (χ1v) is 12.5. The number of halogens is 1. The van der Waals surface area contributed by atoms with Crippen molar-refractivity contribution < 1.29 is 28.6 Å². The maximum Gasteiger partial charge on any atom is 0.411 e. The molecule has 38 heavy (non-hydrogen) atoms. The molecule has 3 aromatic carbocycles. The van der Waals surface area contributed by atoms with Crippen LogP contribution in [0.25, 0.3) is 11.5 Å². The molecule has 1 N–H and O–H groups in total. The molecule has 9 heteroatoms. The number of carbonyl (C=O) groups is 2. The summed E-state index contributed by atoms with van der Waals surface area (Å²) in [7, 11) is 0. The Morgan fingerprint density at radius 1 is 1.05 bits per heavy atom. The van der Waals surface area contributed by atoms with Gasteiger partial charge in [-0.25, -0.2) is 14.6 Å². The van der Waals surface area contributed by atoms with Crippen molar-refractivity contribution in [1.82, 2.24) is 9.88 Å². The van der Waals surface area contributed by atoms with Crippen LogP contribution in [0.2, 0.25) is 5.02 Å². The number of carbonyl (C=O) groups excluding carboxylic acids is 1. The van der Waals surface area contributed by atoms with E-state index in [-0.39, 0.29) is 19.6 Å². The molecule has 1 aliphatic heterocycles. The lowest BCUT2D eigenvalue weighted by molar-refractivity contribution is -0.143. The van der Waals surface area contributed by atoms with Gasteiger partial charge in [0.25, 0.3) is 0 Å². The minimum Gasteiger partial charge on any atom is -0.493 e. The van der Waals surface area contributed by atoms with Gasteiger partial charge in [0.2, 0.25) is 5.89 Å². The lowest BCUT2D eigenvalue weighted by Gasteiger charge is -2.33. The van der Waals surface area contributed by atoms with Crippen LogP contribution in [-0.2, 0) is 35.5 Å². The molecule has 0 saturated heterocycles. The fraction of sp³-hybridized carbons (Fsp3) is 0.207. The molecule has 1 atom stereocenters. The van der Waals surface area contributed by atoms with Crippen LogP contribution in [0.1, 0.15) is 22.4 Å². The monoisotopic (exact) mass is 532 g/mol. The predicted molar refractivity (Wildman–Crippen MR) is 140 cm³/mol. The number of hydrogen-bond donors (Lipinski definition) is 1. The SMILES string of the molecule is O=C(O)C1Cc2ccc(OCCc3coc(-c4ccccc4)n3)cc2CN1C(=O)OCc1ccc(Cl)cc1. The van der Waals surface area contributed by atoms with Gasteiger partial charge in [-0.15, -0.1) is 0 Å². The summed E-state index contributed by atoms with van der Waals surface area (Å²) in [5, 5.41) is 10.3. The lowest BCUT2D eigenvalue weighted by atomic mass is 9.94. The molecular weight excluding hydrogens is 508 g/mol. The second-order valence-electron chi connectivity index (χ2n) is 8.91. The van der Waals surface area contributed by atoms with E-state index in [1.54, 1.807) is 30.5 Å². The molecular formula is C29H25ClN2O6. The third kappa shape index (κ3) is 5.98. The fourth-order valence-corrected chi connectivity index (χ4v) is 4.41. The van der Waals surface area contributed by atoms with Crippen molar-refractivity contribution in [3.63, 3.8) is 0 Å². The number of aromatic nitrogens is 1. The molecule has 194 valence electrons. The summed E-state index contributed by atoms with van der Waals surface area (Å²) in [6, 6.07) is 21.1. The van der Waals surface area contributed by atoms with Crippen molar-refractivity contribution in [3.8, 4) is 17.2 Å². The van der Waals surface area contributed by atoms with Gasteiger partial charge in [0, 0.05) is 23.4 Å². The molecule has 8 nitrogen and oxygen atoms in total. The number of carboxylic acids is 1. The molecule has 1 aliphatic rings. The molecule has 1 amide bonds. The fourth-order valence-electron chi connectivity index (χ4n) is 4.28. The maximum absolute atomic E-state index is 12.8. The highest BCUT2D eigenvalue weighted by Gasteiger charge is 2.35. The van der Waals surface area contributed by atoms with Crippen LogP contribution in [0.4, 0.5) is 4.79 Å². The van der Waals surface area contributed by atoms with E-state index in [0.717, 1.165) is 27.9 Å². The van der Waals surface area contributed by atoms with E-state index in [1.165, 1.54) is 4.90 Å². The van der Waals surface area contributed by atoms with Gasteiger partial charge >= 0.3 is 12.1 Å². The zero-order chi connectivity index (χ0) is 26.5. The summed E-state index contributed by atoms with van der Waals surface area (Å²) in [5.41, 5.74) is 4.11. The highest BCUT2D eigenvalue weighted by atomic mass is 35.5. The van der Waals surface area contributed by atoms with E-state index in [9.17, 15) is 14.7 Å². The highest BCUT2D eigenvalue weighted by Crippen LogP contribution is 2.28. The molecule has 1 unspecified atom stereocenters. The third-order valence-corrected chi connectivity index (χ3v) is 6.55. The third-order valence-electron chi connectivity index (χ3n) is 6.30. The minimum atomic E-state index is -1.08. The number of oxazole rings is 1. The van der Waals surface area contributed by atoms with Crippen LogP contribution in [0.5, 0.6) is 5.75 Å². The van der Waals surface area contributed by atoms with E-state index in [4.69, 9.17) is 25.5 Å². The molecule has 1 aromatic heterocycles.